The SMILES string of the molecule is Cc1ccc(-n2nc(C(C)(C)C)cc2NC(=O)Nc2ccccc2CC2CCN(C(=O)Nc3ccc4c(c3)OCCO4)CC2)cc1. The third kappa shape index (κ3) is 7.28. The number of nitrogens with one attached hydrogen (secondary N) is 3. The van der Waals surface area contributed by atoms with Gasteiger partial charge in [-0.2, -0.15) is 5.10 Å². The van der Waals surface area contributed by atoms with E-state index in [2.05, 4.69) is 42.8 Å². The van der Waals surface area contributed by atoms with Gasteiger partial charge in [0.05, 0.1) is 11.4 Å². The summed E-state index contributed by atoms with van der Waals surface area (Å²) in [6.45, 7) is 10.7. The number of ether oxygens (including phenoxy) is 2. The molecular weight excluding hydrogens is 580 g/mol. The van der Waals surface area contributed by atoms with Crippen LogP contribution < -0.4 is 25.4 Å². The molecular formula is C36H42N6O4. The maximum Gasteiger partial charge on any atom is 0.324 e. The van der Waals surface area contributed by atoms with Crippen LogP contribution in [-0.2, 0) is 11.8 Å². The van der Waals surface area contributed by atoms with E-state index >= 15 is 0 Å². The predicted octanol–water partition coefficient (Wildman–Crippen LogP) is 7.38. The number of para-hydroxylation sites is 1. The van der Waals surface area contributed by atoms with Crippen LogP contribution in [0.15, 0.2) is 72.8 Å². The number of carbonyl (C=O) groups excluding carboxylic acids is 2. The largest absolute Gasteiger partial charge is 0.486 e. The predicted molar refractivity (Wildman–Crippen MR) is 181 cm³/mol. The summed E-state index contributed by atoms with van der Waals surface area (Å²) in [7, 11) is 0. The highest BCUT2D eigenvalue weighted by Gasteiger charge is 2.25. The molecule has 1 saturated heterocycles. The summed E-state index contributed by atoms with van der Waals surface area (Å²) in [5, 5.41) is 13.9. The minimum absolute atomic E-state index is 0.117. The Bertz CT molecular complexity index is 1700. The zero-order valence-corrected chi connectivity index (χ0v) is 26.9. The van der Waals surface area contributed by atoms with Crippen LogP contribution in [0.1, 0.15) is 50.4 Å². The number of likely N-dealkylation sites (tertiary alicyclic amines) is 1. The number of urea groups is 2. The van der Waals surface area contributed by atoms with Crippen LogP contribution in [0.2, 0.25) is 0 Å². The van der Waals surface area contributed by atoms with Crippen molar-refractivity contribution in [3.05, 3.63) is 89.6 Å². The summed E-state index contributed by atoms with van der Waals surface area (Å²) in [4.78, 5) is 28.2. The van der Waals surface area contributed by atoms with E-state index in [1.54, 1.807) is 10.7 Å². The zero-order valence-electron chi connectivity index (χ0n) is 26.9. The van der Waals surface area contributed by atoms with Crippen molar-refractivity contribution in [2.75, 3.05) is 42.3 Å². The van der Waals surface area contributed by atoms with E-state index < -0.39 is 0 Å². The van der Waals surface area contributed by atoms with Crippen LogP contribution in [0.4, 0.5) is 26.8 Å². The van der Waals surface area contributed by atoms with Crippen molar-refractivity contribution in [2.45, 2.75) is 52.4 Å². The molecule has 46 heavy (non-hydrogen) atoms. The summed E-state index contributed by atoms with van der Waals surface area (Å²) in [6.07, 6.45) is 2.56. The first kappa shape index (κ1) is 31.0. The highest BCUT2D eigenvalue weighted by Crippen LogP contribution is 2.33. The number of fused-ring (bicyclic) bond motifs is 1. The quantitative estimate of drug-likeness (QED) is 0.208. The topological polar surface area (TPSA) is 110 Å². The first-order valence-electron chi connectivity index (χ1n) is 15.9. The van der Waals surface area contributed by atoms with Crippen molar-refractivity contribution >= 4 is 29.3 Å². The second-order valence-electron chi connectivity index (χ2n) is 13.1. The van der Waals surface area contributed by atoms with Gasteiger partial charge in [0.2, 0.25) is 0 Å². The molecule has 1 fully saturated rings. The minimum Gasteiger partial charge on any atom is -0.486 e. The molecule has 0 spiro atoms. The van der Waals surface area contributed by atoms with Gasteiger partial charge in [-0.3, -0.25) is 5.32 Å². The number of carbonyl (C=O) groups is 2. The monoisotopic (exact) mass is 622 g/mol. The normalized spacial score (nSPS) is 14.9. The number of amides is 4. The molecule has 1 aromatic heterocycles. The van der Waals surface area contributed by atoms with Crippen molar-refractivity contribution in [3.8, 4) is 17.2 Å². The Kier molecular flexibility index (Phi) is 8.87. The number of nitrogens with zero attached hydrogens (tertiary/aromatic N) is 3. The van der Waals surface area contributed by atoms with Crippen molar-refractivity contribution in [1.82, 2.24) is 14.7 Å². The van der Waals surface area contributed by atoms with E-state index in [4.69, 9.17) is 14.6 Å². The fraction of sp³-hybridized carbons (Fsp3) is 0.361. The summed E-state index contributed by atoms with van der Waals surface area (Å²) in [5.41, 5.74) is 5.26. The fourth-order valence-electron chi connectivity index (χ4n) is 5.78. The number of rotatable bonds is 6. The van der Waals surface area contributed by atoms with Gasteiger partial charge in [0.15, 0.2) is 11.5 Å². The number of piperidine rings is 1. The highest BCUT2D eigenvalue weighted by atomic mass is 16.6. The van der Waals surface area contributed by atoms with Gasteiger partial charge >= 0.3 is 12.1 Å². The third-order valence-corrected chi connectivity index (χ3v) is 8.47. The van der Waals surface area contributed by atoms with Crippen molar-refractivity contribution in [3.63, 3.8) is 0 Å². The summed E-state index contributed by atoms with van der Waals surface area (Å²) in [5.74, 6) is 2.34. The first-order valence-corrected chi connectivity index (χ1v) is 15.9. The lowest BCUT2D eigenvalue weighted by Gasteiger charge is -2.32. The van der Waals surface area contributed by atoms with Gasteiger partial charge in [0, 0.05) is 42.0 Å². The summed E-state index contributed by atoms with van der Waals surface area (Å²) < 4.78 is 13.0. The molecule has 0 bridgehead atoms. The Hall–Kier alpha value is -4.99. The molecule has 4 aromatic rings. The lowest BCUT2D eigenvalue weighted by atomic mass is 9.89. The number of aromatic nitrogens is 2. The van der Waals surface area contributed by atoms with Gasteiger partial charge in [-0.25, -0.2) is 14.3 Å². The van der Waals surface area contributed by atoms with Crippen LogP contribution in [0.5, 0.6) is 11.5 Å². The van der Waals surface area contributed by atoms with Crippen LogP contribution in [0, 0.1) is 12.8 Å². The van der Waals surface area contributed by atoms with Gasteiger partial charge in [-0.1, -0.05) is 56.7 Å². The average Bonchev–Trinajstić information content (AvgIpc) is 3.47. The molecule has 0 saturated carbocycles. The van der Waals surface area contributed by atoms with Crippen LogP contribution >= 0.6 is 0 Å². The zero-order chi connectivity index (χ0) is 32.3. The maximum absolute atomic E-state index is 13.3. The molecule has 3 heterocycles. The standard InChI is InChI=1S/C36H42N6O4/c1-24-9-12-28(13-10-24)42-33(23-32(40-42)36(2,3)4)39-34(43)38-29-8-6-5-7-26(29)21-25-15-17-41(18-16-25)35(44)37-27-11-14-30-31(22-27)46-20-19-45-30/h5-14,22-23,25H,15-21H2,1-4H3,(H,37,44)(H2,38,39,43). The Morgan fingerprint density at radius 1 is 0.870 bits per heavy atom. The molecule has 4 amide bonds. The fourth-order valence-corrected chi connectivity index (χ4v) is 5.78. The molecule has 3 aromatic carbocycles. The molecule has 240 valence electrons. The lowest BCUT2D eigenvalue weighted by molar-refractivity contribution is 0.171. The second kappa shape index (κ2) is 13.2. The molecule has 0 atom stereocenters. The first-order chi connectivity index (χ1) is 22.1. The summed E-state index contributed by atoms with van der Waals surface area (Å²) in [6, 6.07) is 22.9. The molecule has 2 aliphatic heterocycles. The molecule has 10 heteroatoms. The lowest BCUT2D eigenvalue weighted by Crippen LogP contribution is -2.41. The van der Waals surface area contributed by atoms with E-state index in [0.717, 1.165) is 47.5 Å². The van der Waals surface area contributed by atoms with Crippen molar-refractivity contribution in [1.29, 1.82) is 0 Å². The average molecular weight is 623 g/mol. The third-order valence-electron chi connectivity index (χ3n) is 8.47. The number of benzene rings is 3. The second-order valence-corrected chi connectivity index (χ2v) is 13.1. The van der Waals surface area contributed by atoms with Gasteiger partial charge in [-0.15, -0.1) is 0 Å². The molecule has 0 unspecified atom stereocenters. The van der Waals surface area contributed by atoms with Gasteiger partial charge < -0.3 is 25.0 Å². The smallest absolute Gasteiger partial charge is 0.324 e. The molecule has 6 rings (SSSR count). The molecule has 2 aliphatic rings. The van der Waals surface area contributed by atoms with Crippen molar-refractivity contribution < 1.29 is 19.1 Å². The van der Waals surface area contributed by atoms with Crippen LogP contribution in [0.25, 0.3) is 5.69 Å². The maximum atomic E-state index is 13.3. The van der Waals surface area contributed by atoms with E-state index in [9.17, 15) is 9.59 Å². The number of anilines is 3. The molecule has 0 radical (unpaired) electrons. The van der Waals surface area contributed by atoms with Crippen molar-refractivity contribution in [2.24, 2.45) is 5.92 Å². The van der Waals surface area contributed by atoms with Gasteiger partial charge in [0.25, 0.3) is 0 Å². The number of aryl methyl sites for hydroxylation is 1. The van der Waals surface area contributed by atoms with Gasteiger partial charge in [-0.05, 0) is 68.0 Å². The van der Waals surface area contributed by atoms with E-state index in [0.29, 0.717) is 55.2 Å². The van der Waals surface area contributed by atoms with E-state index in [1.165, 1.54) is 0 Å². The van der Waals surface area contributed by atoms with Crippen LogP contribution in [0.3, 0.4) is 0 Å². The van der Waals surface area contributed by atoms with E-state index in [-0.39, 0.29) is 17.5 Å². The number of hydrogen-bond acceptors (Lipinski definition) is 5. The Balaban J connectivity index is 1.06. The van der Waals surface area contributed by atoms with Crippen LogP contribution in [-0.4, -0.2) is 53.0 Å². The minimum atomic E-state index is -0.327. The number of hydrogen-bond donors (Lipinski definition) is 3. The highest BCUT2D eigenvalue weighted by molar-refractivity contribution is 6.00. The van der Waals surface area contributed by atoms with E-state index in [1.807, 2.05) is 72.5 Å². The Morgan fingerprint density at radius 2 is 1.59 bits per heavy atom. The molecule has 0 aliphatic carbocycles. The Morgan fingerprint density at radius 3 is 2.33 bits per heavy atom. The Labute approximate surface area is 270 Å². The summed E-state index contributed by atoms with van der Waals surface area (Å²) >= 11 is 0. The molecule has 10 nitrogen and oxygen atoms in total. The molecule has 3 N–H and O–H groups in total. The van der Waals surface area contributed by atoms with Gasteiger partial charge in [0.1, 0.15) is 19.0 Å².